The molecule has 1 atom stereocenters. The molecular formula is C16H21F2N3. The topological polar surface area (TPSA) is 29.9 Å². The first-order valence-electron chi connectivity index (χ1n) is 7.13. The maximum absolute atomic E-state index is 13.8. The van der Waals surface area contributed by atoms with Gasteiger partial charge >= 0.3 is 0 Å². The molecule has 0 bridgehead atoms. The number of hydrogen-bond acceptors (Lipinski definition) is 2. The molecule has 1 N–H and O–H groups in total. The lowest BCUT2D eigenvalue weighted by atomic mass is 10.0. The zero-order valence-corrected chi connectivity index (χ0v) is 12.9. The quantitative estimate of drug-likeness (QED) is 0.914. The third-order valence-corrected chi connectivity index (χ3v) is 3.88. The molecule has 0 spiro atoms. The Labute approximate surface area is 124 Å². The van der Waals surface area contributed by atoms with Crippen LogP contribution in [-0.2, 0) is 6.54 Å². The summed E-state index contributed by atoms with van der Waals surface area (Å²) < 4.78 is 28.5. The largest absolute Gasteiger partial charge is 0.313 e. The molecule has 2 rings (SSSR count). The number of aromatic nitrogens is 2. The Hall–Kier alpha value is -1.75. The summed E-state index contributed by atoms with van der Waals surface area (Å²) in [4.78, 5) is 0. The first-order chi connectivity index (χ1) is 9.97. The Kier molecular flexibility index (Phi) is 4.73. The molecule has 1 heterocycles. The van der Waals surface area contributed by atoms with Crippen molar-refractivity contribution in [1.82, 2.24) is 15.1 Å². The molecule has 1 aromatic carbocycles. The summed E-state index contributed by atoms with van der Waals surface area (Å²) in [6.45, 7) is 6.35. The highest BCUT2D eigenvalue weighted by molar-refractivity contribution is 5.29. The lowest BCUT2D eigenvalue weighted by Gasteiger charge is -2.15. The van der Waals surface area contributed by atoms with Gasteiger partial charge in [-0.1, -0.05) is 13.0 Å². The Morgan fingerprint density at radius 2 is 2.00 bits per heavy atom. The second kappa shape index (κ2) is 6.35. The fourth-order valence-corrected chi connectivity index (χ4v) is 2.73. The van der Waals surface area contributed by atoms with Gasteiger partial charge in [0.05, 0.1) is 12.2 Å². The summed E-state index contributed by atoms with van der Waals surface area (Å²) in [6.07, 6.45) is 0.953. The number of halogens is 2. The summed E-state index contributed by atoms with van der Waals surface area (Å²) in [5.41, 5.74) is 3.54. The number of nitrogens with one attached hydrogen (secondary N) is 1. The molecule has 3 nitrogen and oxygen atoms in total. The Bertz CT molecular complexity index is 631. The van der Waals surface area contributed by atoms with Crippen molar-refractivity contribution in [2.45, 2.75) is 39.8 Å². The van der Waals surface area contributed by atoms with E-state index in [4.69, 9.17) is 0 Å². The van der Waals surface area contributed by atoms with Crippen LogP contribution >= 0.6 is 0 Å². The van der Waals surface area contributed by atoms with Crippen molar-refractivity contribution in [3.05, 3.63) is 52.3 Å². The third kappa shape index (κ3) is 3.13. The fraction of sp³-hybridized carbons (Fsp3) is 0.438. The standard InChI is InChI=1S/C16H21F2N3/c1-5-15(19-4)16-10(2)20-21(11(16)3)9-12-6-7-13(17)8-14(12)18/h6-8,15,19H,5,9H2,1-4H3. The van der Waals surface area contributed by atoms with Gasteiger partial charge in [-0.05, 0) is 33.4 Å². The molecule has 21 heavy (non-hydrogen) atoms. The normalized spacial score (nSPS) is 12.7. The van der Waals surface area contributed by atoms with Crippen molar-refractivity contribution in [1.29, 1.82) is 0 Å². The van der Waals surface area contributed by atoms with Crippen molar-refractivity contribution < 1.29 is 8.78 Å². The highest BCUT2D eigenvalue weighted by Crippen LogP contribution is 2.24. The Morgan fingerprint density at radius 3 is 2.57 bits per heavy atom. The lowest BCUT2D eigenvalue weighted by Crippen LogP contribution is -2.17. The minimum atomic E-state index is -0.563. The zero-order valence-electron chi connectivity index (χ0n) is 12.9. The Balaban J connectivity index is 2.35. The van der Waals surface area contributed by atoms with Gasteiger partial charge < -0.3 is 5.32 Å². The lowest BCUT2D eigenvalue weighted by molar-refractivity contribution is 0.551. The van der Waals surface area contributed by atoms with Crippen molar-refractivity contribution in [3.8, 4) is 0 Å². The van der Waals surface area contributed by atoms with E-state index < -0.39 is 11.6 Å². The molecule has 114 valence electrons. The second-order valence-corrected chi connectivity index (χ2v) is 5.23. The summed E-state index contributed by atoms with van der Waals surface area (Å²) in [6, 6.07) is 3.88. The van der Waals surface area contributed by atoms with Crippen LogP contribution in [0.15, 0.2) is 18.2 Å². The first kappa shape index (κ1) is 15.6. The van der Waals surface area contributed by atoms with Crippen LogP contribution in [0.1, 0.15) is 41.9 Å². The van der Waals surface area contributed by atoms with E-state index in [1.165, 1.54) is 12.1 Å². The summed E-state index contributed by atoms with van der Waals surface area (Å²) >= 11 is 0. The van der Waals surface area contributed by atoms with E-state index in [1.54, 1.807) is 4.68 Å². The van der Waals surface area contributed by atoms with Crippen LogP contribution in [-0.4, -0.2) is 16.8 Å². The molecule has 0 saturated heterocycles. The smallest absolute Gasteiger partial charge is 0.131 e. The third-order valence-electron chi connectivity index (χ3n) is 3.88. The number of hydrogen-bond donors (Lipinski definition) is 1. The average molecular weight is 293 g/mol. The zero-order chi connectivity index (χ0) is 15.6. The summed E-state index contributed by atoms with van der Waals surface area (Å²) in [7, 11) is 1.92. The van der Waals surface area contributed by atoms with E-state index in [1.807, 2.05) is 20.9 Å². The minimum absolute atomic E-state index is 0.233. The molecule has 0 aliphatic heterocycles. The highest BCUT2D eigenvalue weighted by Gasteiger charge is 2.19. The van der Waals surface area contributed by atoms with Gasteiger partial charge in [-0.15, -0.1) is 0 Å². The molecular weight excluding hydrogens is 272 g/mol. The first-order valence-corrected chi connectivity index (χ1v) is 7.13. The van der Waals surface area contributed by atoms with Crippen LogP contribution in [0.2, 0.25) is 0 Å². The molecule has 0 saturated carbocycles. The van der Waals surface area contributed by atoms with Crippen molar-refractivity contribution in [3.63, 3.8) is 0 Å². The van der Waals surface area contributed by atoms with E-state index in [0.717, 1.165) is 29.4 Å². The maximum Gasteiger partial charge on any atom is 0.131 e. The van der Waals surface area contributed by atoms with Crippen LogP contribution in [0.3, 0.4) is 0 Å². The maximum atomic E-state index is 13.8. The van der Waals surface area contributed by atoms with Crippen molar-refractivity contribution in [2.24, 2.45) is 0 Å². The molecule has 0 aliphatic rings. The molecule has 0 aliphatic carbocycles. The summed E-state index contributed by atoms with van der Waals surface area (Å²) in [5.74, 6) is -1.10. The van der Waals surface area contributed by atoms with Gasteiger partial charge in [-0.3, -0.25) is 4.68 Å². The van der Waals surface area contributed by atoms with Crippen LogP contribution in [0.4, 0.5) is 8.78 Å². The van der Waals surface area contributed by atoms with Crippen LogP contribution in [0.25, 0.3) is 0 Å². The second-order valence-electron chi connectivity index (χ2n) is 5.23. The summed E-state index contributed by atoms with van der Waals surface area (Å²) in [5, 5.41) is 7.77. The van der Waals surface area contributed by atoms with E-state index in [9.17, 15) is 8.78 Å². The predicted molar refractivity (Wildman–Crippen MR) is 79.3 cm³/mol. The molecule has 1 aromatic heterocycles. The van der Waals surface area contributed by atoms with Gasteiger partial charge in [-0.25, -0.2) is 8.78 Å². The monoisotopic (exact) mass is 293 g/mol. The number of nitrogens with zero attached hydrogens (tertiary/aromatic N) is 2. The molecule has 2 aromatic rings. The number of benzene rings is 1. The fourth-order valence-electron chi connectivity index (χ4n) is 2.73. The molecule has 0 radical (unpaired) electrons. The SMILES string of the molecule is CCC(NC)c1c(C)nn(Cc2ccc(F)cc2F)c1C. The number of aryl methyl sites for hydroxylation is 1. The highest BCUT2D eigenvalue weighted by atomic mass is 19.1. The van der Waals surface area contributed by atoms with Gasteiger partial charge in [0.1, 0.15) is 11.6 Å². The van der Waals surface area contributed by atoms with E-state index in [0.29, 0.717) is 12.1 Å². The molecule has 0 fully saturated rings. The Morgan fingerprint density at radius 1 is 1.29 bits per heavy atom. The van der Waals surface area contributed by atoms with Crippen LogP contribution in [0, 0.1) is 25.5 Å². The van der Waals surface area contributed by atoms with Crippen LogP contribution in [0.5, 0.6) is 0 Å². The number of rotatable bonds is 5. The molecule has 0 amide bonds. The average Bonchev–Trinajstić information content (AvgIpc) is 2.71. The van der Waals surface area contributed by atoms with Gasteiger partial charge in [0.25, 0.3) is 0 Å². The van der Waals surface area contributed by atoms with Gasteiger partial charge in [-0.2, -0.15) is 5.10 Å². The van der Waals surface area contributed by atoms with Gasteiger partial charge in [0.15, 0.2) is 0 Å². The van der Waals surface area contributed by atoms with Crippen molar-refractivity contribution >= 4 is 0 Å². The molecule has 1 unspecified atom stereocenters. The minimum Gasteiger partial charge on any atom is -0.313 e. The van der Waals surface area contributed by atoms with E-state index in [2.05, 4.69) is 17.3 Å². The van der Waals surface area contributed by atoms with Gasteiger partial charge in [0.2, 0.25) is 0 Å². The molecule has 5 heteroatoms. The van der Waals surface area contributed by atoms with E-state index in [-0.39, 0.29) is 6.04 Å². The van der Waals surface area contributed by atoms with Crippen molar-refractivity contribution in [2.75, 3.05) is 7.05 Å². The van der Waals surface area contributed by atoms with Crippen LogP contribution < -0.4 is 5.32 Å². The van der Waals surface area contributed by atoms with Gasteiger partial charge in [0, 0.05) is 28.9 Å². The van der Waals surface area contributed by atoms with E-state index >= 15 is 0 Å². The predicted octanol–water partition coefficient (Wildman–Crippen LogP) is 3.50.